The zero-order valence-electron chi connectivity index (χ0n) is 11.8. The minimum Gasteiger partial charge on any atom is -0.307 e. The van der Waals surface area contributed by atoms with Crippen LogP contribution in [0.25, 0.3) is 0 Å². The third kappa shape index (κ3) is 3.05. The second-order valence-electron chi connectivity index (χ2n) is 5.69. The van der Waals surface area contributed by atoms with Crippen molar-refractivity contribution in [2.24, 2.45) is 0 Å². The van der Waals surface area contributed by atoms with Gasteiger partial charge in [-0.25, -0.2) is 0 Å². The van der Waals surface area contributed by atoms with Crippen LogP contribution in [0.3, 0.4) is 0 Å². The van der Waals surface area contributed by atoms with E-state index in [9.17, 15) is 0 Å². The first kappa shape index (κ1) is 13.7. The summed E-state index contributed by atoms with van der Waals surface area (Å²) < 4.78 is 0. The van der Waals surface area contributed by atoms with Gasteiger partial charge in [0.25, 0.3) is 0 Å². The third-order valence-corrected chi connectivity index (χ3v) is 4.29. The normalized spacial score (nSPS) is 18.8. The second-order valence-corrected chi connectivity index (χ2v) is 6.13. The van der Waals surface area contributed by atoms with Gasteiger partial charge >= 0.3 is 0 Å². The van der Waals surface area contributed by atoms with Crippen molar-refractivity contribution in [1.82, 2.24) is 5.32 Å². The van der Waals surface area contributed by atoms with Crippen molar-refractivity contribution in [3.05, 3.63) is 70.2 Å². The molecule has 3 rings (SSSR count). The maximum atomic E-state index is 6.06. The van der Waals surface area contributed by atoms with Crippen LogP contribution in [0.2, 0.25) is 5.02 Å². The Balaban J connectivity index is 1.65. The summed E-state index contributed by atoms with van der Waals surface area (Å²) >= 11 is 6.06. The predicted molar refractivity (Wildman–Crippen MR) is 85.3 cm³/mol. The molecule has 0 bridgehead atoms. The Kier molecular flexibility index (Phi) is 4.09. The number of aryl methyl sites for hydroxylation is 1. The van der Waals surface area contributed by atoms with Gasteiger partial charge in [0.2, 0.25) is 0 Å². The average Bonchev–Trinajstić information content (AvgIpc) is 2.82. The molecule has 0 saturated heterocycles. The summed E-state index contributed by atoms with van der Waals surface area (Å²) in [5.74, 6) is 0. The Hall–Kier alpha value is -1.31. The van der Waals surface area contributed by atoms with Crippen LogP contribution < -0.4 is 5.32 Å². The number of nitrogens with one attached hydrogen (secondary N) is 1. The zero-order valence-corrected chi connectivity index (χ0v) is 12.5. The lowest BCUT2D eigenvalue weighted by Crippen LogP contribution is -2.31. The maximum absolute atomic E-state index is 6.06. The largest absolute Gasteiger partial charge is 0.307 e. The molecule has 0 amide bonds. The number of rotatable bonds is 4. The Labute approximate surface area is 126 Å². The quantitative estimate of drug-likeness (QED) is 0.869. The van der Waals surface area contributed by atoms with Crippen LogP contribution >= 0.6 is 11.6 Å². The van der Waals surface area contributed by atoms with Gasteiger partial charge in [0.05, 0.1) is 0 Å². The van der Waals surface area contributed by atoms with E-state index in [2.05, 4.69) is 54.7 Å². The summed E-state index contributed by atoms with van der Waals surface area (Å²) in [7, 11) is 0. The predicted octanol–water partition coefficient (Wildman–Crippen LogP) is 4.55. The molecule has 1 aliphatic carbocycles. The Morgan fingerprint density at radius 3 is 2.80 bits per heavy atom. The standard InChI is InChI=1S/C18H20ClN/c1-13(11-14-5-3-2-4-6-14)20-18-10-7-15-12-16(19)8-9-17(15)18/h2-6,8-9,12-13,18,20H,7,10-11H2,1H3. The van der Waals surface area contributed by atoms with Crippen LogP contribution in [0.5, 0.6) is 0 Å². The minimum absolute atomic E-state index is 0.473. The van der Waals surface area contributed by atoms with Gasteiger partial charge in [-0.3, -0.25) is 0 Å². The number of fused-ring (bicyclic) bond motifs is 1. The molecule has 2 atom stereocenters. The molecular weight excluding hydrogens is 266 g/mol. The van der Waals surface area contributed by atoms with Gasteiger partial charge in [0.1, 0.15) is 0 Å². The Morgan fingerprint density at radius 2 is 2.00 bits per heavy atom. The molecule has 0 spiro atoms. The van der Waals surface area contributed by atoms with E-state index in [1.807, 2.05) is 6.07 Å². The van der Waals surface area contributed by atoms with E-state index in [-0.39, 0.29) is 0 Å². The molecule has 0 saturated carbocycles. The molecule has 0 fully saturated rings. The fraction of sp³-hybridized carbons (Fsp3) is 0.333. The highest BCUT2D eigenvalue weighted by Crippen LogP contribution is 2.33. The Morgan fingerprint density at radius 1 is 1.20 bits per heavy atom. The van der Waals surface area contributed by atoms with E-state index in [0.717, 1.165) is 17.9 Å². The van der Waals surface area contributed by atoms with Crippen molar-refractivity contribution in [2.45, 2.75) is 38.3 Å². The maximum Gasteiger partial charge on any atom is 0.0408 e. The first-order valence-electron chi connectivity index (χ1n) is 7.30. The van der Waals surface area contributed by atoms with Gasteiger partial charge in [-0.05, 0) is 55.0 Å². The van der Waals surface area contributed by atoms with E-state index in [4.69, 9.17) is 11.6 Å². The van der Waals surface area contributed by atoms with E-state index in [0.29, 0.717) is 12.1 Å². The highest BCUT2D eigenvalue weighted by Gasteiger charge is 2.23. The molecule has 0 heterocycles. The Bertz CT molecular complexity index is 579. The van der Waals surface area contributed by atoms with Gasteiger partial charge in [0, 0.05) is 17.1 Å². The molecule has 1 aliphatic rings. The topological polar surface area (TPSA) is 12.0 Å². The fourth-order valence-corrected chi connectivity index (χ4v) is 3.32. The summed E-state index contributed by atoms with van der Waals surface area (Å²) in [6, 6.07) is 17.9. The summed E-state index contributed by atoms with van der Waals surface area (Å²) in [5.41, 5.74) is 4.22. The lowest BCUT2D eigenvalue weighted by Gasteiger charge is -2.20. The van der Waals surface area contributed by atoms with E-state index >= 15 is 0 Å². The minimum atomic E-state index is 0.473. The summed E-state index contributed by atoms with van der Waals surface area (Å²) in [6.07, 6.45) is 3.38. The first-order chi connectivity index (χ1) is 9.72. The van der Waals surface area contributed by atoms with E-state index in [1.54, 1.807) is 0 Å². The lowest BCUT2D eigenvalue weighted by molar-refractivity contribution is 0.451. The second kappa shape index (κ2) is 5.99. The number of halogens is 1. The van der Waals surface area contributed by atoms with Crippen molar-refractivity contribution in [3.63, 3.8) is 0 Å². The van der Waals surface area contributed by atoms with Crippen molar-refractivity contribution in [3.8, 4) is 0 Å². The monoisotopic (exact) mass is 285 g/mol. The zero-order chi connectivity index (χ0) is 13.9. The molecule has 1 nitrogen and oxygen atoms in total. The van der Waals surface area contributed by atoms with Gasteiger partial charge in [-0.1, -0.05) is 48.0 Å². The van der Waals surface area contributed by atoms with Crippen LogP contribution in [-0.2, 0) is 12.8 Å². The first-order valence-corrected chi connectivity index (χ1v) is 7.68. The molecule has 2 aromatic carbocycles. The molecule has 0 radical (unpaired) electrons. The van der Waals surface area contributed by atoms with Gasteiger partial charge in [0.15, 0.2) is 0 Å². The van der Waals surface area contributed by atoms with Crippen LogP contribution in [-0.4, -0.2) is 6.04 Å². The molecule has 104 valence electrons. The smallest absolute Gasteiger partial charge is 0.0408 e. The number of hydrogen-bond acceptors (Lipinski definition) is 1. The third-order valence-electron chi connectivity index (χ3n) is 4.05. The highest BCUT2D eigenvalue weighted by molar-refractivity contribution is 6.30. The lowest BCUT2D eigenvalue weighted by atomic mass is 10.0. The van der Waals surface area contributed by atoms with Gasteiger partial charge < -0.3 is 5.32 Å². The summed E-state index contributed by atoms with van der Waals surface area (Å²) in [5, 5.41) is 4.61. The molecule has 2 heteroatoms. The van der Waals surface area contributed by atoms with Crippen LogP contribution in [0.4, 0.5) is 0 Å². The van der Waals surface area contributed by atoms with Crippen molar-refractivity contribution in [2.75, 3.05) is 0 Å². The highest BCUT2D eigenvalue weighted by atomic mass is 35.5. The molecule has 1 N–H and O–H groups in total. The molecule has 2 unspecified atom stereocenters. The van der Waals surface area contributed by atoms with Crippen LogP contribution in [0, 0.1) is 0 Å². The van der Waals surface area contributed by atoms with Gasteiger partial charge in [-0.2, -0.15) is 0 Å². The molecular formula is C18H20ClN. The van der Waals surface area contributed by atoms with Crippen LogP contribution in [0.1, 0.15) is 36.1 Å². The number of hydrogen-bond donors (Lipinski definition) is 1. The summed E-state index contributed by atoms with van der Waals surface area (Å²) in [4.78, 5) is 0. The van der Waals surface area contributed by atoms with Crippen LogP contribution in [0.15, 0.2) is 48.5 Å². The molecule has 0 aromatic heterocycles. The van der Waals surface area contributed by atoms with Crippen molar-refractivity contribution in [1.29, 1.82) is 0 Å². The van der Waals surface area contributed by atoms with E-state index < -0.39 is 0 Å². The average molecular weight is 286 g/mol. The van der Waals surface area contributed by atoms with Crippen molar-refractivity contribution < 1.29 is 0 Å². The SMILES string of the molecule is CC(Cc1ccccc1)NC1CCc2cc(Cl)ccc21. The molecule has 20 heavy (non-hydrogen) atoms. The fourth-order valence-electron chi connectivity index (χ4n) is 3.13. The van der Waals surface area contributed by atoms with Crippen molar-refractivity contribution >= 4 is 11.6 Å². The molecule has 2 aromatic rings. The van der Waals surface area contributed by atoms with Gasteiger partial charge in [-0.15, -0.1) is 0 Å². The van der Waals surface area contributed by atoms with E-state index in [1.165, 1.54) is 23.1 Å². The number of benzene rings is 2. The molecule has 0 aliphatic heterocycles. The summed E-state index contributed by atoms with van der Waals surface area (Å²) in [6.45, 7) is 2.26.